The molecule has 5 heteroatoms. The molecule has 0 radical (unpaired) electrons. The molecule has 1 aliphatic carbocycles. The molecule has 0 spiro atoms. The van der Waals surface area contributed by atoms with E-state index in [1.54, 1.807) is 0 Å². The van der Waals surface area contributed by atoms with Crippen molar-refractivity contribution in [1.29, 1.82) is 0 Å². The summed E-state index contributed by atoms with van der Waals surface area (Å²) in [6, 6.07) is 0. The van der Waals surface area contributed by atoms with E-state index in [1.807, 2.05) is 23.9 Å². The molecule has 2 heterocycles. The van der Waals surface area contributed by atoms with Crippen molar-refractivity contribution in [2.24, 2.45) is 11.3 Å². The third kappa shape index (κ3) is 3.58. The van der Waals surface area contributed by atoms with Gasteiger partial charge in [0.05, 0.1) is 19.3 Å². The van der Waals surface area contributed by atoms with E-state index in [2.05, 4.69) is 0 Å². The maximum absolute atomic E-state index is 12.3. The van der Waals surface area contributed by atoms with Gasteiger partial charge in [-0.15, -0.1) is 0 Å². The maximum Gasteiger partial charge on any atom is 0.236 e. The number of hydrogen-bond donors (Lipinski definition) is 0. The molecule has 3 rings (SSSR count). The molecule has 1 saturated carbocycles. The Labute approximate surface area is 127 Å². The van der Waals surface area contributed by atoms with Crippen LogP contribution in [-0.4, -0.2) is 75.4 Å². The van der Waals surface area contributed by atoms with Gasteiger partial charge in [-0.25, -0.2) is 0 Å². The van der Waals surface area contributed by atoms with E-state index in [9.17, 15) is 4.79 Å². The van der Waals surface area contributed by atoms with Gasteiger partial charge in [0, 0.05) is 31.7 Å². The van der Waals surface area contributed by atoms with E-state index in [1.165, 1.54) is 12.8 Å². The highest BCUT2D eigenvalue weighted by Crippen LogP contribution is 2.41. The van der Waals surface area contributed by atoms with E-state index >= 15 is 0 Å². The quantitative estimate of drug-likeness (QED) is 0.733. The van der Waals surface area contributed by atoms with Gasteiger partial charge in [0.15, 0.2) is 0 Å². The van der Waals surface area contributed by atoms with E-state index < -0.39 is 0 Å². The fourth-order valence-electron chi connectivity index (χ4n) is 3.55. The zero-order valence-corrected chi connectivity index (χ0v) is 13.3. The van der Waals surface area contributed by atoms with Crippen molar-refractivity contribution in [2.45, 2.75) is 31.8 Å². The lowest BCUT2D eigenvalue weighted by Gasteiger charge is -2.43. The average Bonchev–Trinajstić information content (AvgIpc) is 3.15. The monoisotopic (exact) mass is 296 g/mol. The number of likely N-dealkylation sites (tertiary alicyclic amines) is 1. The number of rotatable bonds is 6. The molecule has 3 aliphatic rings. The molecule has 3 fully saturated rings. The van der Waals surface area contributed by atoms with Crippen LogP contribution in [0.5, 0.6) is 0 Å². The zero-order valence-electron chi connectivity index (χ0n) is 13.3. The van der Waals surface area contributed by atoms with Gasteiger partial charge in [0.1, 0.15) is 0 Å². The molecular formula is C16H28N2O3. The van der Waals surface area contributed by atoms with Crippen molar-refractivity contribution >= 4 is 5.91 Å². The smallest absolute Gasteiger partial charge is 0.236 e. The molecule has 0 N–H and O–H groups in total. The summed E-state index contributed by atoms with van der Waals surface area (Å²) in [4.78, 5) is 16.3. The van der Waals surface area contributed by atoms with Crippen molar-refractivity contribution in [3.05, 3.63) is 0 Å². The lowest BCUT2D eigenvalue weighted by Crippen LogP contribution is -2.55. The van der Waals surface area contributed by atoms with Crippen LogP contribution in [0, 0.1) is 11.3 Å². The minimum absolute atomic E-state index is 0.0368. The Morgan fingerprint density at radius 2 is 2.19 bits per heavy atom. The Morgan fingerprint density at radius 1 is 1.38 bits per heavy atom. The molecule has 5 nitrogen and oxygen atoms in total. The molecule has 21 heavy (non-hydrogen) atoms. The highest BCUT2D eigenvalue weighted by atomic mass is 16.5. The van der Waals surface area contributed by atoms with Crippen LogP contribution in [-0.2, 0) is 14.3 Å². The molecule has 0 aromatic carbocycles. The van der Waals surface area contributed by atoms with Gasteiger partial charge in [-0.05, 0) is 45.7 Å². The van der Waals surface area contributed by atoms with E-state index in [-0.39, 0.29) is 17.4 Å². The number of fused-ring (bicyclic) bond motifs is 1. The summed E-state index contributed by atoms with van der Waals surface area (Å²) in [5.74, 6) is 1.02. The van der Waals surface area contributed by atoms with Crippen molar-refractivity contribution in [2.75, 3.05) is 53.6 Å². The van der Waals surface area contributed by atoms with Crippen LogP contribution in [0.25, 0.3) is 0 Å². The lowest BCUT2D eigenvalue weighted by atomic mass is 9.77. The van der Waals surface area contributed by atoms with Gasteiger partial charge >= 0.3 is 0 Å². The fourth-order valence-corrected chi connectivity index (χ4v) is 3.55. The largest absolute Gasteiger partial charge is 0.380 e. The molecule has 2 aliphatic heterocycles. The predicted molar refractivity (Wildman–Crippen MR) is 80.1 cm³/mol. The third-order valence-corrected chi connectivity index (χ3v) is 5.01. The molecule has 0 aromatic rings. The molecule has 2 saturated heterocycles. The molecule has 1 amide bonds. The Kier molecular flexibility index (Phi) is 4.52. The molecule has 0 bridgehead atoms. The Hall–Kier alpha value is -0.650. The van der Waals surface area contributed by atoms with Crippen molar-refractivity contribution < 1.29 is 14.3 Å². The average molecular weight is 296 g/mol. The molecule has 2 atom stereocenters. The summed E-state index contributed by atoms with van der Waals surface area (Å²) >= 11 is 0. The number of nitrogens with zero attached hydrogens (tertiary/aromatic N) is 2. The van der Waals surface area contributed by atoms with Gasteiger partial charge in [-0.3, -0.25) is 4.79 Å². The number of carbonyl (C=O) groups excluding carboxylic acids is 1. The van der Waals surface area contributed by atoms with Gasteiger partial charge in [-0.2, -0.15) is 0 Å². The Balaban J connectivity index is 1.59. The summed E-state index contributed by atoms with van der Waals surface area (Å²) in [6.45, 7) is 4.56. The second-order valence-electron chi connectivity index (χ2n) is 7.27. The summed E-state index contributed by atoms with van der Waals surface area (Å²) in [6.07, 6.45) is 4.89. The number of piperidine rings is 1. The van der Waals surface area contributed by atoms with Crippen LogP contribution >= 0.6 is 0 Å². The molecule has 120 valence electrons. The summed E-state index contributed by atoms with van der Waals surface area (Å²) < 4.78 is 11.9. The van der Waals surface area contributed by atoms with Crippen LogP contribution in [0.1, 0.15) is 25.7 Å². The summed E-state index contributed by atoms with van der Waals surface area (Å²) in [5.41, 5.74) is 0.0368. The number of hydrogen-bond acceptors (Lipinski definition) is 4. The third-order valence-electron chi connectivity index (χ3n) is 5.01. The fraction of sp³-hybridized carbons (Fsp3) is 0.938. The van der Waals surface area contributed by atoms with Gasteiger partial charge in [-0.1, -0.05) is 0 Å². The second kappa shape index (κ2) is 6.23. The lowest BCUT2D eigenvalue weighted by molar-refractivity contribution is -0.140. The number of carbonyl (C=O) groups is 1. The van der Waals surface area contributed by atoms with Gasteiger partial charge in [0.25, 0.3) is 0 Å². The highest BCUT2D eigenvalue weighted by molar-refractivity contribution is 5.78. The first-order chi connectivity index (χ1) is 10.1. The molecular weight excluding hydrogens is 268 g/mol. The maximum atomic E-state index is 12.3. The number of likely N-dealkylation sites (N-methyl/N-ethyl adjacent to an activating group) is 1. The minimum Gasteiger partial charge on any atom is -0.380 e. The Morgan fingerprint density at radius 3 is 2.90 bits per heavy atom. The van der Waals surface area contributed by atoms with Crippen LogP contribution in [0.4, 0.5) is 0 Å². The standard InChI is InChI=1S/C16H28N2O3/c1-17(2)9-15(19)18-7-5-14-16(11-18,6-8-21-14)12-20-10-13-3-4-13/h13-14H,3-12H2,1-2H3/t14-,16+/m0/s1. The first kappa shape index (κ1) is 15.3. The normalized spacial score (nSPS) is 32.5. The SMILES string of the molecule is CN(C)CC(=O)N1CC[C@@H]2OCC[C@]2(COCC2CC2)C1. The van der Waals surface area contributed by atoms with E-state index in [0.717, 1.165) is 51.7 Å². The Bertz CT molecular complexity index is 384. The van der Waals surface area contributed by atoms with Crippen LogP contribution in [0.2, 0.25) is 0 Å². The topological polar surface area (TPSA) is 42.0 Å². The first-order valence-corrected chi connectivity index (χ1v) is 8.21. The van der Waals surface area contributed by atoms with Gasteiger partial charge < -0.3 is 19.3 Å². The number of ether oxygens (including phenoxy) is 2. The molecule has 0 unspecified atom stereocenters. The highest BCUT2D eigenvalue weighted by Gasteiger charge is 2.49. The first-order valence-electron chi connectivity index (χ1n) is 8.21. The number of amides is 1. The van der Waals surface area contributed by atoms with Crippen LogP contribution in [0.3, 0.4) is 0 Å². The van der Waals surface area contributed by atoms with E-state index in [0.29, 0.717) is 6.54 Å². The zero-order chi connectivity index (χ0) is 14.9. The van der Waals surface area contributed by atoms with Crippen molar-refractivity contribution in [3.8, 4) is 0 Å². The van der Waals surface area contributed by atoms with Crippen LogP contribution in [0.15, 0.2) is 0 Å². The summed E-state index contributed by atoms with van der Waals surface area (Å²) in [5, 5.41) is 0. The van der Waals surface area contributed by atoms with Crippen molar-refractivity contribution in [1.82, 2.24) is 9.80 Å². The minimum atomic E-state index is 0.0368. The summed E-state index contributed by atoms with van der Waals surface area (Å²) in [7, 11) is 3.88. The van der Waals surface area contributed by atoms with Crippen LogP contribution < -0.4 is 0 Å². The van der Waals surface area contributed by atoms with E-state index in [4.69, 9.17) is 9.47 Å². The predicted octanol–water partition coefficient (Wildman–Crippen LogP) is 0.982. The molecule has 0 aromatic heterocycles. The van der Waals surface area contributed by atoms with Crippen molar-refractivity contribution in [3.63, 3.8) is 0 Å². The second-order valence-corrected chi connectivity index (χ2v) is 7.27. The van der Waals surface area contributed by atoms with Gasteiger partial charge in [0.2, 0.25) is 5.91 Å².